The Morgan fingerprint density at radius 2 is 1.71 bits per heavy atom. The smallest absolute Gasteiger partial charge is 0.202 e. The SMILES string of the molecule is CC(=O)C(=NNc1cccc(Cl)c1C)Sc1nnc(C(O)c2ccccc2)n1-c1ccccc1. The number of anilines is 1. The van der Waals surface area contributed by atoms with Crippen molar-refractivity contribution in [1.29, 1.82) is 0 Å². The van der Waals surface area contributed by atoms with Gasteiger partial charge in [0.25, 0.3) is 0 Å². The summed E-state index contributed by atoms with van der Waals surface area (Å²) in [7, 11) is 0. The molecule has 1 heterocycles. The highest BCUT2D eigenvalue weighted by molar-refractivity contribution is 8.15. The lowest BCUT2D eigenvalue weighted by atomic mass is 10.1. The Hall–Kier alpha value is -3.46. The molecule has 1 atom stereocenters. The van der Waals surface area contributed by atoms with Crippen LogP contribution in [0.15, 0.2) is 89.1 Å². The van der Waals surface area contributed by atoms with Crippen LogP contribution in [0.1, 0.15) is 30.0 Å². The summed E-state index contributed by atoms with van der Waals surface area (Å²) < 4.78 is 1.73. The van der Waals surface area contributed by atoms with Crippen LogP contribution < -0.4 is 5.43 Å². The second kappa shape index (κ2) is 10.6. The molecule has 0 aliphatic heterocycles. The van der Waals surface area contributed by atoms with Crippen molar-refractivity contribution >= 4 is 39.9 Å². The number of rotatable bonds is 7. The van der Waals surface area contributed by atoms with Crippen molar-refractivity contribution in [2.24, 2.45) is 5.10 Å². The van der Waals surface area contributed by atoms with Crippen molar-refractivity contribution in [3.8, 4) is 5.69 Å². The zero-order valence-corrected chi connectivity index (χ0v) is 20.1. The van der Waals surface area contributed by atoms with Gasteiger partial charge in [-0.3, -0.25) is 14.8 Å². The number of ketones is 1. The molecule has 0 radical (unpaired) electrons. The van der Waals surface area contributed by atoms with Crippen molar-refractivity contribution in [2.45, 2.75) is 25.1 Å². The van der Waals surface area contributed by atoms with Gasteiger partial charge in [-0.1, -0.05) is 66.2 Å². The highest BCUT2D eigenvalue weighted by Crippen LogP contribution is 2.29. The number of benzene rings is 3. The van der Waals surface area contributed by atoms with Crippen LogP contribution in [0.4, 0.5) is 5.69 Å². The number of para-hydroxylation sites is 1. The number of nitrogens with one attached hydrogen (secondary N) is 1. The molecule has 4 aromatic rings. The molecule has 1 unspecified atom stereocenters. The Morgan fingerprint density at radius 1 is 1.03 bits per heavy atom. The number of aromatic nitrogens is 3. The van der Waals surface area contributed by atoms with E-state index in [1.165, 1.54) is 6.92 Å². The summed E-state index contributed by atoms with van der Waals surface area (Å²) in [6.45, 7) is 3.30. The molecule has 34 heavy (non-hydrogen) atoms. The van der Waals surface area contributed by atoms with E-state index in [2.05, 4.69) is 20.7 Å². The third-order valence-electron chi connectivity index (χ3n) is 5.07. The average Bonchev–Trinajstić information content (AvgIpc) is 3.28. The Morgan fingerprint density at radius 3 is 2.38 bits per heavy atom. The van der Waals surface area contributed by atoms with Crippen LogP contribution in [0.3, 0.4) is 0 Å². The average molecular weight is 492 g/mol. The molecule has 0 bridgehead atoms. The van der Waals surface area contributed by atoms with Gasteiger partial charge in [0.1, 0.15) is 6.10 Å². The second-order valence-corrected chi connectivity index (χ2v) is 8.79. The summed E-state index contributed by atoms with van der Waals surface area (Å²) in [4.78, 5) is 12.4. The lowest BCUT2D eigenvalue weighted by Gasteiger charge is -2.14. The van der Waals surface area contributed by atoms with Crippen molar-refractivity contribution in [1.82, 2.24) is 14.8 Å². The van der Waals surface area contributed by atoms with Gasteiger partial charge in [-0.2, -0.15) is 5.10 Å². The summed E-state index contributed by atoms with van der Waals surface area (Å²) in [6, 6.07) is 24.1. The predicted octanol–water partition coefficient (Wildman–Crippen LogP) is 5.42. The quantitative estimate of drug-likeness (QED) is 0.155. The molecule has 9 heteroatoms. The first kappa shape index (κ1) is 23.7. The number of aliphatic hydroxyl groups excluding tert-OH is 1. The fourth-order valence-electron chi connectivity index (χ4n) is 3.23. The van der Waals surface area contributed by atoms with Crippen LogP contribution in [0.25, 0.3) is 5.69 Å². The van der Waals surface area contributed by atoms with Crippen molar-refractivity contribution in [3.63, 3.8) is 0 Å². The molecule has 0 amide bonds. The largest absolute Gasteiger partial charge is 0.380 e. The molecular formula is C25H22ClN5O2S. The topological polar surface area (TPSA) is 92.4 Å². The minimum absolute atomic E-state index is 0.185. The molecule has 1 aromatic heterocycles. The normalized spacial score (nSPS) is 12.4. The van der Waals surface area contributed by atoms with E-state index in [4.69, 9.17) is 11.6 Å². The fourth-order valence-corrected chi connectivity index (χ4v) is 4.18. The molecule has 172 valence electrons. The van der Waals surface area contributed by atoms with Gasteiger partial charge >= 0.3 is 0 Å². The number of aliphatic hydroxyl groups is 1. The minimum atomic E-state index is -1.01. The summed E-state index contributed by atoms with van der Waals surface area (Å²) >= 11 is 7.25. The fraction of sp³-hybridized carbons (Fsp3) is 0.120. The van der Waals surface area contributed by atoms with Crippen LogP contribution in [0, 0.1) is 6.92 Å². The maximum absolute atomic E-state index is 12.4. The molecular weight excluding hydrogens is 470 g/mol. The van der Waals surface area contributed by atoms with Crippen molar-refractivity contribution in [2.75, 3.05) is 5.43 Å². The Bertz CT molecular complexity index is 1330. The zero-order chi connectivity index (χ0) is 24.1. The first-order chi connectivity index (χ1) is 16.5. The minimum Gasteiger partial charge on any atom is -0.380 e. The second-order valence-electron chi connectivity index (χ2n) is 7.42. The summed E-state index contributed by atoms with van der Waals surface area (Å²) in [5.41, 5.74) is 5.87. The number of nitrogens with zero attached hydrogens (tertiary/aromatic N) is 4. The molecule has 0 spiro atoms. The third kappa shape index (κ3) is 5.20. The lowest BCUT2D eigenvalue weighted by Crippen LogP contribution is -2.12. The number of hydrazone groups is 1. The molecule has 2 N–H and O–H groups in total. The highest BCUT2D eigenvalue weighted by atomic mass is 35.5. The number of thioether (sulfide) groups is 1. The first-order valence-electron chi connectivity index (χ1n) is 10.5. The predicted molar refractivity (Wildman–Crippen MR) is 136 cm³/mol. The molecule has 3 aromatic carbocycles. The van der Waals surface area contributed by atoms with Crippen LogP contribution in [0.2, 0.25) is 5.02 Å². The monoisotopic (exact) mass is 491 g/mol. The first-order valence-corrected chi connectivity index (χ1v) is 11.7. The van der Waals surface area contributed by atoms with E-state index < -0.39 is 6.10 Å². The van der Waals surface area contributed by atoms with Gasteiger partial charge in [0.15, 0.2) is 16.7 Å². The third-order valence-corrected chi connectivity index (χ3v) is 6.50. The van der Waals surface area contributed by atoms with E-state index >= 15 is 0 Å². The molecule has 0 aliphatic rings. The van der Waals surface area contributed by atoms with Gasteiger partial charge in [-0.25, -0.2) is 0 Å². The highest BCUT2D eigenvalue weighted by Gasteiger charge is 2.24. The van der Waals surface area contributed by atoms with Crippen LogP contribution in [-0.2, 0) is 4.79 Å². The number of hydrogen-bond donors (Lipinski definition) is 2. The molecule has 4 rings (SSSR count). The van der Waals surface area contributed by atoms with Crippen molar-refractivity contribution < 1.29 is 9.90 Å². The maximum atomic E-state index is 12.4. The van der Waals surface area contributed by atoms with Crippen molar-refractivity contribution in [3.05, 3.63) is 101 Å². The van der Waals surface area contributed by atoms with Gasteiger partial charge in [0, 0.05) is 17.6 Å². The number of Topliss-reactive ketones (excluding diaryl/α,β-unsaturated/α-hetero) is 1. The number of halogens is 1. The van der Waals surface area contributed by atoms with Crippen LogP contribution >= 0.6 is 23.4 Å². The molecule has 0 fully saturated rings. The van der Waals surface area contributed by atoms with Gasteiger partial charge < -0.3 is 5.11 Å². The molecule has 0 saturated heterocycles. The Kier molecular flexibility index (Phi) is 7.42. The van der Waals surface area contributed by atoms with Gasteiger partial charge in [0.05, 0.1) is 5.69 Å². The molecule has 7 nitrogen and oxygen atoms in total. The van der Waals surface area contributed by atoms with E-state index in [0.717, 1.165) is 23.0 Å². The number of carbonyl (C=O) groups is 1. The Balaban J connectivity index is 1.72. The van der Waals surface area contributed by atoms with Crippen LogP contribution in [0.5, 0.6) is 0 Å². The Labute approximate surface area is 206 Å². The van der Waals surface area contributed by atoms with E-state index in [0.29, 0.717) is 27.3 Å². The van der Waals surface area contributed by atoms with Gasteiger partial charge in [0.2, 0.25) is 5.16 Å². The summed E-state index contributed by atoms with van der Waals surface area (Å²) in [6.07, 6.45) is -1.01. The number of carbonyl (C=O) groups excluding carboxylic acids is 1. The molecule has 0 aliphatic carbocycles. The lowest BCUT2D eigenvalue weighted by molar-refractivity contribution is -0.110. The zero-order valence-electron chi connectivity index (χ0n) is 18.5. The number of hydrogen-bond acceptors (Lipinski definition) is 7. The van der Waals surface area contributed by atoms with Gasteiger partial charge in [-0.15, -0.1) is 10.2 Å². The van der Waals surface area contributed by atoms with Gasteiger partial charge in [-0.05, 0) is 54.1 Å². The van der Waals surface area contributed by atoms with E-state index in [1.807, 2.05) is 73.7 Å². The van der Waals surface area contributed by atoms with Crippen LogP contribution in [-0.4, -0.2) is 30.7 Å². The molecule has 0 saturated carbocycles. The standard InChI is InChI=1S/C25H22ClN5O2S/c1-16-20(26)14-9-15-21(16)27-29-24(17(2)32)34-25-30-28-23(22(33)18-10-5-3-6-11-18)31(25)19-12-7-4-8-13-19/h3-15,22,27,33H,1-2H3. The summed E-state index contributed by atoms with van der Waals surface area (Å²) in [5, 5.41) is 25.1. The summed E-state index contributed by atoms with van der Waals surface area (Å²) in [5.74, 6) is 0.0893. The van der Waals surface area contributed by atoms with E-state index in [9.17, 15) is 9.90 Å². The maximum Gasteiger partial charge on any atom is 0.202 e. The van der Waals surface area contributed by atoms with E-state index in [-0.39, 0.29) is 10.8 Å². The van der Waals surface area contributed by atoms with E-state index in [1.54, 1.807) is 16.7 Å².